The number of aromatic nitrogens is 2. The van der Waals surface area contributed by atoms with Crippen LogP contribution in [0.2, 0.25) is 8.67 Å². The monoisotopic (exact) mass is 345 g/mol. The molecule has 0 spiro atoms. The topological polar surface area (TPSA) is 68.0 Å². The molecule has 21 heavy (non-hydrogen) atoms. The maximum Gasteiger partial charge on any atom is 0.322 e. The number of thiophene rings is 1. The highest BCUT2D eigenvalue weighted by molar-refractivity contribution is 7.20. The Kier molecular flexibility index (Phi) is 4.47. The van der Waals surface area contributed by atoms with Gasteiger partial charge in [-0.15, -0.1) is 16.4 Å². The molecule has 2 heterocycles. The van der Waals surface area contributed by atoms with Crippen molar-refractivity contribution in [1.29, 1.82) is 0 Å². The van der Waals surface area contributed by atoms with Crippen LogP contribution in [0, 0.1) is 0 Å². The summed E-state index contributed by atoms with van der Waals surface area (Å²) >= 11 is 12.9. The molecule has 1 saturated carbocycles. The largest absolute Gasteiger partial charge is 0.408 e. The van der Waals surface area contributed by atoms with Crippen LogP contribution in [0.4, 0.5) is 6.01 Å². The molecule has 1 aliphatic carbocycles. The Morgan fingerprint density at radius 1 is 1.29 bits per heavy atom. The Morgan fingerprint density at radius 2 is 2.05 bits per heavy atom. The van der Waals surface area contributed by atoms with Crippen LogP contribution < -0.4 is 5.32 Å². The number of anilines is 1. The Bertz CT molecular complexity index is 650. The van der Waals surface area contributed by atoms with Gasteiger partial charge in [-0.1, -0.05) is 47.6 Å². The molecule has 1 N–H and O–H groups in total. The fraction of sp³-hybridized carbons (Fsp3) is 0.462. The summed E-state index contributed by atoms with van der Waals surface area (Å²) in [4.78, 5) is 12.1. The summed E-state index contributed by atoms with van der Waals surface area (Å²) < 4.78 is 6.33. The molecule has 0 bridgehead atoms. The van der Waals surface area contributed by atoms with Gasteiger partial charge in [-0.25, -0.2) is 0 Å². The van der Waals surface area contributed by atoms with Crippen LogP contribution in [0.3, 0.4) is 0 Å². The average Bonchev–Trinajstić information content (AvgIpc) is 3.06. The third kappa shape index (κ3) is 3.39. The smallest absolute Gasteiger partial charge is 0.322 e. The summed E-state index contributed by atoms with van der Waals surface area (Å²) in [6.45, 7) is 0. The van der Waals surface area contributed by atoms with E-state index in [-0.39, 0.29) is 6.01 Å². The number of carbonyl (C=O) groups is 1. The maximum atomic E-state index is 12.1. The molecule has 1 amide bonds. The molecule has 0 aliphatic heterocycles. The molecule has 0 saturated heterocycles. The van der Waals surface area contributed by atoms with Gasteiger partial charge in [-0.3, -0.25) is 10.1 Å². The van der Waals surface area contributed by atoms with Crippen molar-refractivity contribution in [3.8, 4) is 0 Å². The number of carbonyl (C=O) groups excluding carboxylic acids is 1. The number of rotatable bonds is 3. The lowest BCUT2D eigenvalue weighted by molar-refractivity contribution is 0.102. The van der Waals surface area contributed by atoms with Gasteiger partial charge in [0, 0.05) is 5.92 Å². The minimum atomic E-state index is -0.401. The molecule has 0 unspecified atom stereocenters. The van der Waals surface area contributed by atoms with Gasteiger partial charge in [0.1, 0.15) is 4.34 Å². The molecule has 0 radical (unpaired) electrons. The van der Waals surface area contributed by atoms with Crippen LogP contribution in [0.25, 0.3) is 0 Å². The number of nitrogens with zero attached hydrogens (tertiary/aromatic N) is 2. The van der Waals surface area contributed by atoms with Gasteiger partial charge in [0.15, 0.2) is 0 Å². The summed E-state index contributed by atoms with van der Waals surface area (Å²) in [5.41, 5.74) is 0.309. The van der Waals surface area contributed by atoms with Crippen LogP contribution in [0.15, 0.2) is 10.5 Å². The van der Waals surface area contributed by atoms with Crippen molar-refractivity contribution >= 4 is 46.5 Å². The van der Waals surface area contributed by atoms with Crippen molar-refractivity contribution in [2.45, 2.75) is 38.0 Å². The van der Waals surface area contributed by atoms with Gasteiger partial charge in [0.2, 0.25) is 5.89 Å². The number of amides is 1. The van der Waals surface area contributed by atoms with Crippen molar-refractivity contribution < 1.29 is 9.21 Å². The molecular formula is C13H13Cl2N3O2S. The summed E-state index contributed by atoms with van der Waals surface area (Å²) in [6, 6.07) is 1.61. The predicted molar refractivity (Wildman–Crippen MR) is 82.4 cm³/mol. The SMILES string of the molecule is O=C(Nc1nnc(C2CCCCC2)o1)c1cc(Cl)sc1Cl. The Hall–Kier alpha value is -1.11. The van der Waals surface area contributed by atoms with E-state index in [1.54, 1.807) is 0 Å². The zero-order chi connectivity index (χ0) is 14.8. The molecule has 112 valence electrons. The van der Waals surface area contributed by atoms with Crippen molar-refractivity contribution in [2.24, 2.45) is 0 Å². The second-order valence-corrected chi connectivity index (χ2v) is 7.26. The summed E-state index contributed by atoms with van der Waals surface area (Å²) in [5, 5.41) is 10.5. The van der Waals surface area contributed by atoms with Crippen LogP contribution in [0.5, 0.6) is 0 Å². The van der Waals surface area contributed by atoms with Gasteiger partial charge in [-0.05, 0) is 18.9 Å². The maximum absolute atomic E-state index is 12.1. The lowest BCUT2D eigenvalue weighted by Gasteiger charge is -2.17. The van der Waals surface area contributed by atoms with Crippen LogP contribution in [-0.2, 0) is 0 Å². The van der Waals surface area contributed by atoms with Crippen molar-refractivity contribution in [1.82, 2.24) is 10.2 Å². The van der Waals surface area contributed by atoms with Gasteiger partial charge in [-0.2, -0.15) is 0 Å². The van der Waals surface area contributed by atoms with E-state index in [0.717, 1.165) is 24.2 Å². The molecule has 2 aromatic rings. The van der Waals surface area contributed by atoms with E-state index in [4.69, 9.17) is 27.6 Å². The highest BCUT2D eigenvalue weighted by atomic mass is 35.5. The lowest BCUT2D eigenvalue weighted by atomic mass is 9.89. The molecule has 1 fully saturated rings. The normalized spacial score (nSPS) is 16.1. The first-order valence-corrected chi connectivity index (χ1v) is 8.30. The van der Waals surface area contributed by atoms with Crippen LogP contribution >= 0.6 is 34.5 Å². The number of hydrogen-bond acceptors (Lipinski definition) is 5. The van der Waals surface area contributed by atoms with Gasteiger partial charge >= 0.3 is 6.01 Å². The van der Waals surface area contributed by atoms with Crippen LogP contribution in [0.1, 0.15) is 54.3 Å². The fourth-order valence-electron chi connectivity index (χ4n) is 2.46. The van der Waals surface area contributed by atoms with E-state index in [1.807, 2.05) is 0 Å². The first-order chi connectivity index (χ1) is 10.1. The van der Waals surface area contributed by atoms with Crippen LogP contribution in [-0.4, -0.2) is 16.1 Å². The second kappa shape index (κ2) is 6.34. The van der Waals surface area contributed by atoms with Crippen molar-refractivity contribution in [3.05, 3.63) is 26.2 Å². The van der Waals surface area contributed by atoms with E-state index in [0.29, 0.717) is 26.0 Å². The highest BCUT2D eigenvalue weighted by Gasteiger charge is 2.22. The standard InChI is InChI=1S/C13H13Cl2N3O2S/c14-9-6-8(10(15)21-9)11(19)16-13-18-17-12(20-13)7-4-2-1-3-5-7/h6-7H,1-5H2,(H,16,18,19). The average molecular weight is 346 g/mol. The Morgan fingerprint density at radius 3 is 2.71 bits per heavy atom. The van der Waals surface area contributed by atoms with Crippen molar-refractivity contribution in [2.75, 3.05) is 5.32 Å². The first-order valence-electron chi connectivity index (χ1n) is 6.73. The molecular weight excluding hydrogens is 333 g/mol. The summed E-state index contributed by atoms with van der Waals surface area (Å²) in [5.74, 6) is 0.498. The third-order valence-electron chi connectivity index (χ3n) is 3.52. The number of halogens is 2. The lowest BCUT2D eigenvalue weighted by Crippen LogP contribution is -2.11. The van der Waals surface area contributed by atoms with Gasteiger partial charge in [0.05, 0.1) is 9.90 Å². The minimum absolute atomic E-state index is 0.0963. The van der Waals surface area contributed by atoms with Crippen molar-refractivity contribution in [3.63, 3.8) is 0 Å². The zero-order valence-corrected chi connectivity index (χ0v) is 13.4. The van der Waals surface area contributed by atoms with Gasteiger partial charge < -0.3 is 4.42 Å². The molecule has 2 aromatic heterocycles. The number of hydrogen-bond donors (Lipinski definition) is 1. The molecule has 8 heteroatoms. The van der Waals surface area contributed by atoms with E-state index in [9.17, 15) is 4.79 Å². The molecule has 0 atom stereocenters. The van der Waals surface area contributed by atoms with Gasteiger partial charge in [0.25, 0.3) is 5.91 Å². The number of nitrogens with one attached hydrogen (secondary N) is 1. The molecule has 0 aromatic carbocycles. The van der Waals surface area contributed by atoms with E-state index in [2.05, 4.69) is 15.5 Å². The predicted octanol–water partition coefficient (Wildman–Crippen LogP) is 4.74. The zero-order valence-electron chi connectivity index (χ0n) is 11.1. The second-order valence-electron chi connectivity index (χ2n) is 4.97. The molecule has 5 nitrogen and oxygen atoms in total. The molecule has 1 aliphatic rings. The highest BCUT2D eigenvalue weighted by Crippen LogP contribution is 2.33. The Balaban J connectivity index is 1.69. The van der Waals surface area contributed by atoms with E-state index < -0.39 is 5.91 Å². The fourth-order valence-corrected chi connectivity index (χ4v) is 3.92. The first kappa shape index (κ1) is 14.8. The minimum Gasteiger partial charge on any atom is -0.408 e. The third-order valence-corrected chi connectivity index (χ3v) is 5.00. The van der Waals surface area contributed by atoms with E-state index in [1.165, 1.54) is 25.3 Å². The quantitative estimate of drug-likeness (QED) is 0.872. The Labute approximate surface area is 135 Å². The van der Waals surface area contributed by atoms with E-state index >= 15 is 0 Å². The summed E-state index contributed by atoms with van der Waals surface area (Å²) in [7, 11) is 0. The summed E-state index contributed by atoms with van der Waals surface area (Å²) in [6.07, 6.45) is 5.73. The molecule has 3 rings (SSSR count).